The molecule has 3 rings (SSSR count). The first-order valence-electron chi connectivity index (χ1n) is 8.04. The Bertz CT molecular complexity index is 758. The maximum absolute atomic E-state index is 14.3. The fourth-order valence-corrected chi connectivity index (χ4v) is 2.79. The van der Waals surface area contributed by atoms with Crippen molar-refractivity contribution in [1.82, 2.24) is 4.90 Å². The highest BCUT2D eigenvalue weighted by Gasteiger charge is 2.33. The number of ketones is 1. The second kappa shape index (κ2) is 7.45. The van der Waals surface area contributed by atoms with Crippen LogP contribution in [-0.2, 0) is 9.53 Å². The third-order valence-corrected chi connectivity index (χ3v) is 4.14. The third-order valence-electron chi connectivity index (χ3n) is 4.14. The second-order valence-electron chi connectivity index (χ2n) is 5.90. The summed E-state index contributed by atoms with van der Waals surface area (Å²) in [6.07, 6.45) is 1.88. The lowest BCUT2D eigenvalue weighted by molar-refractivity contribution is -0.115. The monoisotopic (exact) mass is 373 g/mol. The van der Waals surface area contributed by atoms with E-state index in [4.69, 9.17) is 9.47 Å². The zero-order chi connectivity index (χ0) is 18.8. The first-order valence-corrected chi connectivity index (χ1v) is 8.04. The Balaban J connectivity index is 1.97. The van der Waals surface area contributed by atoms with E-state index in [1.807, 2.05) is 0 Å². The van der Waals surface area contributed by atoms with Crippen LogP contribution in [0.15, 0.2) is 11.8 Å². The number of rotatable bonds is 3. The topological polar surface area (TPSA) is 55.8 Å². The largest absolute Gasteiger partial charge is 0.455 e. The van der Waals surface area contributed by atoms with Crippen LogP contribution in [0.3, 0.4) is 0 Å². The molecule has 0 unspecified atom stereocenters. The number of carbonyl (C=O) groups excluding carboxylic acids is 2. The lowest BCUT2D eigenvalue weighted by Gasteiger charge is -2.27. The van der Waals surface area contributed by atoms with Gasteiger partial charge in [0.1, 0.15) is 11.3 Å². The highest BCUT2D eigenvalue weighted by atomic mass is 19.2. The Labute approximate surface area is 146 Å². The van der Waals surface area contributed by atoms with E-state index in [2.05, 4.69) is 0 Å². The molecule has 0 aromatic heterocycles. The fraction of sp³-hybridized carbons (Fsp3) is 0.412. The molecule has 1 aliphatic carbocycles. The zero-order valence-corrected chi connectivity index (χ0v) is 13.6. The third kappa shape index (κ3) is 3.44. The predicted octanol–water partition coefficient (Wildman–Crippen LogP) is 2.73. The molecule has 1 aromatic rings. The van der Waals surface area contributed by atoms with Gasteiger partial charge in [-0.1, -0.05) is 0 Å². The van der Waals surface area contributed by atoms with Crippen molar-refractivity contribution in [2.45, 2.75) is 19.3 Å². The van der Waals surface area contributed by atoms with Crippen molar-refractivity contribution < 1.29 is 36.6 Å². The summed E-state index contributed by atoms with van der Waals surface area (Å²) in [5.74, 6) is -10.2. The molecule has 0 radical (unpaired) electrons. The van der Waals surface area contributed by atoms with E-state index in [1.54, 1.807) is 0 Å². The number of hydrogen-bond acceptors (Lipinski definition) is 4. The van der Waals surface area contributed by atoms with Crippen LogP contribution in [0.4, 0.5) is 17.6 Å². The van der Waals surface area contributed by atoms with Crippen LogP contribution in [0.5, 0.6) is 5.75 Å². The molecule has 9 heteroatoms. The maximum atomic E-state index is 14.3. The highest BCUT2D eigenvalue weighted by Crippen LogP contribution is 2.33. The van der Waals surface area contributed by atoms with Crippen molar-refractivity contribution in [2.75, 3.05) is 26.3 Å². The minimum Gasteiger partial charge on any atom is -0.455 e. The number of hydrogen-bond donors (Lipinski definition) is 0. The van der Waals surface area contributed by atoms with Gasteiger partial charge in [0.15, 0.2) is 17.4 Å². The van der Waals surface area contributed by atoms with Gasteiger partial charge in [-0.25, -0.2) is 8.78 Å². The lowest BCUT2D eigenvalue weighted by Crippen LogP contribution is -2.41. The summed E-state index contributed by atoms with van der Waals surface area (Å²) in [7, 11) is 0. The number of nitrogens with zero attached hydrogens (tertiary/aromatic N) is 1. The van der Waals surface area contributed by atoms with Gasteiger partial charge in [-0.2, -0.15) is 8.78 Å². The van der Waals surface area contributed by atoms with E-state index >= 15 is 0 Å². The summed E-state index contributed by atoms with van der Waals surface area (Å²) in [5.41, 5.74) is -1.32. The SMILES string of the molecule is O=C1C=C(Oc2c(F)c(F)c(C(=O)N3CCOCC3)c(F)c2F)CCC1. The summed E-state index contributed by atoms with van der Waals surface area (Å²) in [6.45, 7) is 0.412. The minimum atomic E-state index is -1.84. The molecular weight excluding hydrogens is 358 g/mol. The van der Waals surface area contributed by atoms with Crippen LogP contribution in [0.25, 0.3) is 0 Å². The Morgan fingerprint density at radius 3 is 2.19 bits per heavy atom. The van der Waals surface area contributed by atoms with E-state index in [-0.39, 0.29) is 50.7 Å². The maximum Gasteiger partial charge on any atom is 0.260 e. The van der Waals surface area contributed by atoms with Crippen LogP contribution >= 0.6 is 0 Å². The minimum absolute atomic E-state index is 0.0498. The Morgan fingerprint density at radius 2 is 1.62 bits per heavy atom. The van der Waals surface area contributed by atoms with Gasteiger partial charge in [-0.3, -0.25) is 9.59 Å². The predicted molar refractivity (Wildman–Crippen MR) is 80.6 cm³/mol. The lowest BCUT2D eigenvalue weighted by atomic mass is 10.1. The smallest absolute Gasteiger partial charge is 0.260 e. The van der Waals surface area contributed by atoms with Crippen molar-refractivity contribution >= 4 is 11.7 Å². The molecule has 1 fully saturated rings. The average Bonchev–Trinajstić information content (AvgIpc) is 2.64. The summed E-state index contributed by atoms with van der Waals surface area (Å²) < 4.78 is 67.1. The number of ether oxygens (including phenoxy) is 2. The number of halogens is 4. The molecule has 0 saturated carbocycles. The molecule has 1 amide bonds. The average molecular weight is 373 g/mol. The van der Waals surface area contributed by atoms with Crippen LogP contribution in [-0.4, -0.2) is 42.9 Å². The van der Waals surface area contributed by atoms with Crippen molar-refractivity contribution in [1.29, 1.82) is 0 Å². The summed E-state index contributed by atoms with van der Waals surface area (Å²) in [4.78, 5) is 24.6. The highest BCUT2D eigenvalue weighted by molar-refractivity contribution is 5.95. The van der Waals surface area contributed by atoms with Crippen LogP contribution in [0.2, 0.25) is 0 Å². The standard InChI is InChI=1S/C17H15F4NO4/c18-12-11(17(24)22-4-6-25-7-5-22)13(19)15(21)16(14(12)20)26-10-3-1-2-9(23)8-10/h8H,1-7H2. The number of carbonyl (C=O) groups is 2. The molecule has 140 valence electrons. The van der Waals surface area contributed by atoms with E-state index in [0.29, 0.717) is 6.42 Å². The van der Waals surface area contributed by atoms with Gasteiger partial charge in [-0.15, -0.1) is 0 Å². The van der Waals surface area contributed by atoms with Gasteiger partial charge in [0.2, 0.25) is 17.4 Å². The molecular formula is C17H15F4NO4. The fourth-order valence-electron chi connectivity index (χ4n) is 2.79. The molecule has 26 heavy (non-hydrogen) atoms. The van der Waals surface area contributed by atoms with Gasteiger partial charge >= 0.3 is 0 Å². The Morgan fingerprint density at radius 1 is 1.00 bits per heavy atom. The van der Waals surface area contributed by atoms with Crippen molar-refractivity contribution in [3.8, 4) is 5.75 Å². The number of benzene rings is 1. The molecule has 0 atom stereocenters. The quantitative estimate of drug-likeness (QED) is 0.604. The van der Waals surface area contributed by atoms with E-state index < -0.39 is 40.5 Å². The van der Waals surface area contributed by atoms with Gasteiger partial charge in [0.05, 0.1) is 13.2 Å². The molecule has 1 aromatic carbocycles. The van der Waals surface area contributed by atoms with Crippen LogP contribution in [0, 0.1) is 23.3 Å². The molecule has 0 bridgehead atoms. The Hall–Kier alpha value is -2.42. The summed E-state index contributed by atoms with van der Waals surface area (Å²) in [6, 6.07) is 0. The first kappa shape index (κ1) is 18.4. The van der Waals surface area contributed by atoms with Crippen LogP contribution in [0.1, 0.15) is 29.6 Å². The summed E-state index contributed by atoms with van der Waals surface area (Å²) >= 11 is 0. The normalized spacial score (nSPS) is 17.9. The molecule has 1 aliphatic heterocycles. The first-order chi connectivity index (χ1) is 12.4. The molecule has 5 nitrogen and oxygen atoms in total. The molecule has 1 heterocycles. The second-order valence-corrected chi connectivity index (χ2v) is 5.90. The van der Waals surface area contributed by atoms with Gasteiger partial charge in [-0.05, 0) is 6.42 Å². The van der Waals surface area contributed by atoms with Crippen molar-refractivity contribution in [3.63, 3.8) is 0 Å². The molecule has 0 N–H and O–H groups in total. The number of allylic oxidation sites excluding steroid dienone is 2. The number of amides is 1. The zero-order valence-electron chi connectivity index (χ0n) is 13.6. The van der Waals surface area contributed by atoms with E-state index in [0.717, 1.165) is 11.0 Å². The number of morpholine rings is 1. The van der Waals surface area contributed by atoms with Gasteiger partial charge in [0, 0.05) is 32.0 Å². The van der Waals surface area contributed by atoms with Crippen LogP contribution < -0.4 is 4.74 Å². The summed E-state index contributed by atoms with van der Waals surface area (Å²) in [5, 5.41) is 0. The molecule has 2 aliphatic rings. The van der Waals surface area contributed by atoms with Crippen molar-refractivity contribution in [3.05, 3.63) is 40.7 Å². The van der Waals surface area contributed by atoms with Crippen molar-refractivity contribution in [2.24, 2.45) is 0 Å². The van der Waals surface area contributed by atoms with E-state index in [9.17, 15) is 27.2 Å². The van der Waals surface area contributed by atoms with Gasteiger partial charge < -0.3 is 14.4 Å². The van der Waals surface area contributed by atoms with E-state index in [1.165, 1.54) is 0 Å². The molecule has 0 spiro atoms. The Kier molecular flexibility index (Phi) is 5.26. The van der Waals surface area contributed by atoms with Gasteiger partial charge in [0.25, 0.3) is 5.91 Å². The molecule has 1 saturated heterocycles.